The quantitative estimate of drug-likeness (QED) is 0.788. The minimum atomic E-state index is -0.698. The molecular weight excluding hydrogens is 306 g/mol. The summed E-state index contributed by atoms with van der Waals surface area (Å²) in [7, 11) is 0. The maximum atomic E-state index is 12.0. The Morgan fingerprint density at radius 3 is 2.33 bits per heavy atom. The van der Waals surface area contributed by atoms with Gasteiger partial charge in [-0.15, -0.1) is 0 Å². The Morgan fingerprint density at radius 1 is 1.21 bits per heavy atom. The second kappa shape index (κ2) is 6.76. The van der Waals surface area contributed by atoms with E-state index >= 15 is 0 Å². The molecule has 0 saturated heterocycles. The average Bonchev–Trinajstić information content (AvgIpc) is 2.56. The summed E-state index contributed by atoms with van der Waals surface area (Å²) >= 11 is 0. The first-order valence-corrected chi connectivity index (χ1v) is 7.42. The second-order valence-electron chi connectivity index (χ2n) is 5.09. The molecule has 1 aromatic carbocycles. The summed E-state index contributed by atoms with van der Waals surface area (Å²) in [5.41, 5.74) is 5.75. The lowest BCUT2D eigenvalue weighted by Crippen LogP contribution is -2.21. The molecule has 24 heavy (non-hydrogen) atoms. The first kappa shape index (κ1) is 16.9. The zero-order valence-corrected chi connectivity index (χ0v) is 13.4. The molecule has 2 aromatic rings. The molecule has 7 heteroatoms. The van der Waals surface area contributed by atoms with Gasteiger partial charge in [0.25, 0.3) is 5.56 Å². The van der Waals surface area contributed by atoms with Gasteiger partial charge in [-0.25, -0.2) is 0 Å². The van der Waals surface area contributed by atoms with E-state index in [9.17, 15) is 20.4 Å². The van der Waals surface area contributed by atoms with E-state index in [1.807, 2.05) is 24.8 Å². The van der Waals surface area contributed by atoms with Crippen LogP contribution < -0.4 is 16.2 Å². The fourth-order valence-electron chi connectivity index (χ4n) is 2.63. The first-order valence-electron chi connectivity index (χ1n) is 7.42. The van der Waals surface area contributed by atoms with Crippen molar-refractivity contribution in [2.75, 3.05) is 23.7 Å². The first-order chi connectivity index (χ1) is 11.5. The Bertz CT molecular complexity index is 914. The van der Waals surface area contributed by atoms with Crippen molar-refractivity contribution in [3.05, 3.63) is 39.7 Å². The molecule has 0 bridgehead atoms. The predicted molar refractivity (Wildman–Crippen MR) is 91.6 cm³/mol. The molecule has 0 aliphatic rings. The van der Waals surface area contributed by atoms with Gasteiger partial charge in [-0.2, -0.15) is 10.5 Å². The van der Waals surface area contributed by atoms with Gasteiger partial charge >= 0.3 is 0 Å². The summed E-state index contributed by atoms with van der Waals surface area (Å²) in [6, 6.07) is 8.55. The number of H-pyrrole nitrogens is 1. The van der Waals surface area contributed by atoms with Crippen LogP contribution in [0.2, 0.25) is 0 Å². The minimum Gasteiger partial charge on any atom is -0.507 e. The fraction of sp³-hybridized carbons (Fsp3) is 0.235. The predicted octanol–water partition coefficient (Wildman–Crippen LogP) is 1.92. The monoisotopic (exact) mass is 323 g/mol. The number of aromatic nitrogens is 1. The van der Waals surface area contributed by atoms with E-state index in [0.29, 0.717) is 0 Å². The maximum absolute atomic E-state index is 12.0. The molecule has 0 amide bonds. The molecule has 0 aliphatic carbocycles. The molecule has 1 aromatic heterocycles. The Morgan fingerprint density at radius 2 is 1.83 bits per heavy atom. The summed E-state index contributed by atoms with van der Waals surface area (Å²) in [6.07, 6.45) is 0. The van der Waals surface area contributed by atoms with E-state index in [2.05, 4.69) is 4.98 Å². The third kappa shape index (κ3) is 2.75. The van der Waals surface area contributed by atoms with Crippen LogP contribution in [0.25, 0.3) is 11.1 Å². The van der Waals surface area contributed by atoms with E-state index in [1.165, 1.54) is 0 Å². The number of aromatic amines is 1. The van der Waals surface area contributed by atoms with Crippen molar-refractivity contribution in [2.45, 2.75) is 13.8 Å². The number of nitrogens with one attached hydrogen (secondary N) is 1. The number of anilines is 2. The Labute approximate surface area is 139 Å². The smallest absolute Gasteiger partial charge is 0.268 e. The van der Waals surface area contributed by atoms with E-state index in [-0.39, 0.29) is 33.8 Å². The van der Waals surface area contributed by atoms with Crippen molar-refractivity contribution in [1.82, 2.24) is 4.98 Å². The molecule has 4 N–H and O–H groups in total. The average molecular weight is 323 g/mol. The number of nitrogen functional groups attached to an aromatic ring is 1. The van der Waals surface area contributed by atoms with E-state index in [4.69, 9.17) is 5.73 Å². The van der Waals surface area contributed by atoms with E-state index in [1.54, 1.807) is 24.3 Å². The van der Waals surface area contributed by atoms with E-state index in [0.717, 1.165) is 18.8 Å². The van der Waals surface area contributed by atoms with Crippen molar-refractivity contribution in [3.63, 3.8) is 0 Å². The SMILES string of the molecule is CCN(CC)c1ccc(-c2c(C#N)c(N)[nH]c(=O)c2C#N)c(O)c1. The molecule has 0 unspecified atom stereocenters. The van der Waals surface area contributed by atoms with Crippen LogP contribution in [0.4, 0.5) is 11.5 Å². The Balaban J connectivity index is 2.77. The van der Waals surface area contributed by atoms with Crippen LogP contribution in [-0.4, -0.2) is 23.2 Å². The molecular formula is C17H17N5O2. The number of benzene rings is 1. The highest BCUT2D eigenvalue weighted by atomic mass is 16.3. The van der Waals surface area contributed by atoms with Gasteiger partial charge in [-0.3, -0.25) is 4.79 Å². The minimum absolute atomic E-state index is 0.0444. The van der Waals surface area contributed by atoms with Crippen molar-refractivity contribution in [2.24, 2.45) is 0 Å². The van der Waals surface area contributed by atoms with Gasteiger partial charge in [0, 0.05) is 36.0 Å². The van der Waals surface area contributed by atoms with Crippen LogP contribution in [0.3, 0.4) is 0 Å². The third-order valence-corrected chi connectivity index (χ3v) is 3.85. The highest BCUT2D eigenvalue weighted by Gasteiger charge is 2.21. The zero-order chi connectivity index (χ0) is 17.9. The zero-order valence-electron chi connectivity index (χ0n) is 13.4. The Kier molecular flexibility index (Phi) is 4.76. The number of pyridine rings is 1. The number of nitriles is 2. The molecule has 0 aliphatic heterocycles. The third-order valence-electron chi connectivity index (χ3n) is 3.85. The van der Waals surface area contributed by atoms with Crippen molar-refractivity contribution < 1.29 is 5.11 Å². The summed E-state index contributed by atoms with van der Waals surface area (Å²) in [6.45, 7) is 5.52. The fourth-order valence-corrected chi connectivity index (χ4v) is 2.63. The molecule has 122 valence electrons. The molecule has 0 atom stereocenters. The number of aromatic hydroxyl groups is 1. The normalized spacial score (nSPS) is 10.0. The molecule has 0 spiro atoms. The van der Waals surface area contributed by atoms with Crippen molar-refractivity contribution in [3.8, 4) is 29.0 Å². The summed E-state index contributed by atoms with van der Waals surface area (Å²) in [5.74, 6) is -0.263. The number of hydrogen-bond acceptors (Lipinski definition) is 6. The molecule has 2 rings (SSSR count). The van der Waals surface area contributed by atoms with Crippen LogP contribution in [0.1, 0.15) is 25.0 Å². The summed E-state index contributed by atoms with van der Waals surface area (Å²) in [4.78, 5) is 16.3. The van der Waals surface area contributed by atoms with Gasteiger partial charge in [0.05, 0.1) is 0 Å². The van der Waals surface area contributed by atoms with Crippen LogP contribution in [-0.2, 0) is 0 Å². The number of rotatable bonds is 4. The van der Waals surface area contributed by atoms with Gasteiger partial charge in [-0.1, -0.05) is 0 Å². The van der Waals surface area contributed by atoms with Gasteiger partial charge in [0.2, 0.25) is 0 Å². The molecule has 0 radical (unpaired) electrons. The maximum Gasteiger partial charge on any atom is 0.268 e. The lowest BCUT2D eigenvalue weighted by molar-refractivity contribution is 0.477. The topological polar surface area (TPSA) is 130 Å². The number of phenolic OH excluding ortho intramolecular Hbond substituents is 1. The molecule has 0 fully saturated rings. The van der Waals surface area contributed by atoms with E-state index < -0.39 is 5.56 Å². The second-order valence-corrected chi connectivity index (χ2v) is 5.09. The number of hydrogen-bond donors (Lipinski definition) is 3. The van der Waals surface area contributed by atoms with Gasteiger partial charge in [-0.05, 0) is 26.0 Å². The lowest BCUT2D eigenvalue weighted by atomic mass is 9.95. The van der Waals surface area contributed by atoms with Crippen LogP contribution in [0.15, 0.2) is 23.0 Å². The van der Waals surface area contributed by atoms with Gasteiger partial charge in [0.15, 0.2) is 0 Å². The van der Waals surface area contributed by atoms with Crippen LogP contribution >= 0.6 is 0 Å². The lowest BCUT2D eigenvalue weighted by Gasteiger charge is -2.22. The largest absolute Gasteiger partial charge is 0.507 e. The number of nitrogens with zero attached hydrogens (tertiary/aromatic N) is 3. The van der Waals surface area contributed by atoms with Gasteiger partial charge < -0.3 is 20.7 Å². The Hall–Kier alpha value is -3.45. The highest BCUT2D eigenvalue weighted by Crippen LogP contribution is 2.36. The van der Waals surface area contributed by atoms with Gasteiger partial charge in [0.1, 0.15) is 34.8 Å². The van der Waals surface area contributed by atoms with Crippen LogP contribution in [0.5, 0.6) is 5.75 Å². The summed E-state index contributed by atoms with van der Waals surface area (Å²) < 4.78 is 0. The number of phenols is 1. The summed E-state index contributed by atoms with van der Waals surface area (Å²) in [5, 5.41) is 29.0. The van der Waals surface area contributed by atoms with Crippen molar-refractivity contribution in [1.29, 1.82) is 10.5 Å². The molecule has 7 nitrogen and oxygen atoms in total. The molecule has 0 saturated carbocycles. The highest BCUT2D eigenvalue weighted by molar-refractivity contribution is 5.84. The van der Waals surface area contributed by atoms with Crippen LogP contribution in [0, 0.1) is 22.7 Å². The molecule has 1 heterocycles. The van der Waals surface area contributed by atoms with Crippen molar-refractivity contribution >= 4 is 11.5 Å². The standard InChI is InChI=1S/C17H17N5O2/c1-3-22(4-2)10-5-6-11(14(23)7-10)15-12(8-18)16(20)21-17(24)13(15)9-19/h5-7,23H,3-4H2,1-2H3,(H3,20,21,24). The number of nitrogens with two attached hydrogens (primary N) is 1.